The normalized spacial score (nSPS) is 11.2. The summed E-state index contributed by atoms with van der Waals surface area (Å²) in [5.74, 6) is 1.84. The first-order valence-electron chi connectivity index (χ1n) is 8.62. The second kappa shape index (κ2) is 7.36. The van der Waals surface area contributed by atoms with Gasteiger partial charge in [-0.2, -0.15) is 0 Å². The van der Waals surface area contributed by atoms with Crippen molar-refractivity contribution >= 4 is 22.7 Å². The number of aromatic nitrogens is 4. The van der Waals surface area contributed by atoms with E-state index in [2.05, 4.69) is 34.0 Å². The van der Waals surface area contributed by atoms with Crippen LogP contribution in [0, 0.1) is 13.8 Å². The number of aromatic amines is 1. The quantitative estimate of drug-likeness (QED) is 0.530. The fraction of sp³-hybridized carbons (Fsp3) is 0.200. The Kier molecular flexibility index (Phi) is 4.77. The van der Waals surface area contributed by atoms with Gasteiger partial charge < -0.3 is 9.40 Å². The maximum Gasteiger partial charge on any atom is 0.276 e. The average molecular weight is 378 g/mol. The van der Waals surface area contributed by atoms with Crippen molar-refractivity contribution in [3.05, 3.63) is 69.8 Å². The van der Waals surface area contributed by atoms with E-state index in [1.165, 1.54) is 22.9 Å². The van der Waals surface area contributed by atoms with Gasteiger partial charge >= 0.3 is 0 Å². The first-order chi connectivity index (χ1) is 13.1. The highest BCUT2D eigenvalue weighted by molar-refractivity contribution is 7.99. The highest BCUT2D eigenvalue weighted by Gasteiger charge is 2.10. The molecule has 0 atom stereocenters. The molecule has 0 spiro atoms. The largest absolute Gasteiger partial charge is 0.411 e. The minimum absolute atomic E-state index is 0.115. The predicted octanol–water partition coefficient (Wildman–Crippen LogP) is 3.92. The first kappa shape index (κ1) is 17.5. The molecular weight excluding hydrogens is 360 g/mol. The number of nitrogens with one attached hydrogen (secondary N) is 1. The molecule has 0 radical (unpaired) electrons. The molecule has 0 saturated carbocycles. The second-order valence-electron chi connectivity index (χ2n) is 6.30. The molecule has 0 aliphatic heterocycles. The van der Waals surface area contributed by atoms with Crippen molar-refractivity contribution in [2.75, 3.05) is 5.75 Å². The van der Waals surface area contributed by atoms with Crippen LogP contribution in [0.2, 0.25) is 0 Å². The van der Waals surface area contributed by atoms with E-state index in [-0.39, 0.29) is 5.56 Å². The number of hydrogen-bond donors (Lipinski definition) is 1. The van der Waals surface area contributed by atoms with E-state index in [0.29, 0.717) is 40.0 Å². The van der Waals surface area contributed by atoms with Crippen molar-refractivity contribution in [2.45, 2.75) is 25.5 Å². The molecule has 27 heavy (non-hydrogen) atoms. The van der Waals surface area contributed by atoms with Crippen LogP contribution in [0.15, 0.2) is 56.9 Å². The van der Waals surface area contributed by atoms with Gasteiger partial charge in [0, 0.05) is 17.7 Å². The third-order valence-corrected chi connectivity index (χ3v) is 5.21. The summed E-state index contributed by atoms with van der Waals surface area (Å²) in [5, 5.41) is 9.33. The number of H-pyrrole nitrogens is 1. The fourth-order valence-corrected chi connectivity index (χ4v) is 3.45. The number of rotatable bonds is 5. The highest BCUT2D eigenvalue weighted by Crippen LogP contribution is 2.25. The molecule has 136 valence electrons. The van der Waals surface area contributed by atoms with Crippen LogP contribution < -0.4 is 5.56 Å². The van der Waals surface area contributed by atoms with Crippen LogP contribution in [0.5, 0.6) is 0 Å². The Hall–Kier alpha value is -2.93. The number of hydrogen-bond acceptors (Lipinski definition) is 6. The summed E-state index contributed by atoms with van der Waals surface area (Å²) >= 11 is 1.45. The number of thioether (sulfide) groups is 1. The molecule has 2 aromatic carbocycles. The summed E-state index contributed by atoms with van der Waals surface area (Å²) in [7, 11) is 0. The van der Waals surface area contributed by atoms with Gasteiger partial charge in [0.2, 0.25) is 5.89 Å². The molecule has 1 N–H and O–H groups in total. The summed E-state index contributed by atoms with van der Waals surface area (Å²) in [6, 6.07) is 13.4. The third-order valence-electron chi connectivity index (χ3n) is 4.39. The van der Waals surface area contributed by atoms with Crippen LogP contribution in [-0.2, 0) is 6.42 Å². The van der Waals surface area contributed by atoms with Gasteiger partial charge in [0.25, 0.3) is 10.8 Å². The van der Waals surface area contributed by atoms with E-state index in [9.17, 15) is 4.79 Å². The number of nitrogens with zero attached hydrogens (tertiary/aromatic N) is 3. The molecule has 2 aromatic heterocycles. The van der Waals surface area contributed by atoms with Crippen LogP contribution in [0.4, 0.5) is 0 Å². The van der Waals surface area contributed by atoms with Crippen molar-refractivity contribution in [2.24, 2.45) is 0 Å². The van der Waals surface area contributed by atoms with Crippen LogP contribution in [0.3, 0.4) is 0 Å². The van der Waals surface area contributed by atoms with Crippen molar-refractivity contribution in [3.63, 3.8) is 0 Å². The number of aryl methyl sites for hydroxylation is 3. The monoisotopic (exact) mass is 378 g/mol. The zero-order chi connectivity index (χ0) is 18.8. The lowest BCUT2D eigenvalue weighted by molar-refractivity contribution is 0.466. The number of para-hydroxylation sites is 1. The molecule has 0 unspecified atom stereocenters. The molecule has 4 rings (SSSR count). The van der Waals surface area contributed by atoms with Crippen LogP contribution >= 0.6 is 11.8 Å². The summed E-state index contributed by atoms with van der Waals surface area (Å²) in [6.07, 6.45) is 0.603. The van der Waals surface area contributed by atoms with Gasteiger partial charge in [-0.15, -0.1) is 10.2 Å². The zero-order valence-electron chi connectivity index (χ0n) is 15.0. The molecule has 2 heterocycles. The first-order valence-corrected chi connectivity index (χ1v) is 9.60. The van der Waals surface area contributed by atoms with Gasteiger partial charge in [-0.3, -0.25) is 4.79 Å². The lowest BCUT2D eigenvalue weighted by atomic mass is 10.1. The highest BCUT2D eigenvalue weighted by atomic mass is 32.2. The molecule has 6 nitrogen and oxygen atoms in total. The van der Waals surface area contributed by atoms with Crippen molar-refractivity contribution in [3.8, 4) is 11.5 Å². The maximum absolute atomic E-state index is 12.1. The van der Waals surface area contributed by atoms with E-state index in [1.807, 2.05) is 36.4 Å². The zero-order valence-corrected chi connectivity index (χ0v) is 15.8. The van der Waals surface area contributed by atoms with E-state index >= 15 is 0 Å². The molecule has 0 aliphatic rings. The Balaban J connectivity index is 1.43. The maximum atomic E-state index is 12.1. The Morgan fingerprint density at radius 3 is 2.78 bits per heavy atom. The molecule has 0 aliphatic carbocycles. The second-order valence-corrected chi connectivity index (χ2v) is 7.35. The SMILES string of the molecule is Cc1ccc(-c2nnc(SCCc3nc4ccccc4c(=O)[nH]3)o2)cc1C. The van der Waals surface area contributed by atoms with Crippen LogP contribution in [0.1, 0.15) is 17.0 Å². The molecule has 0 fully saturated rings. The van der Waals surface area contributed by atoms with Crippen molar-refractivity contribution in [1.29, 1.82) is 0 Å². The van der Waals surface area contributed by atoms with E-state index in [4.69, 9.17) is 4.42 Å². The topological polar surface area (TPSA) is 84.7 Å². The Labute approximate surface area is 160 Å². The molecule has 7 heteroatoms. The standard InChI is InChI=1S/C20H18N4O2S/c1-12-7-8-14(11-13(12)2)19-23-24-20(26-19)27-10-9-17-21-16-6-4-3-5-15(16)18(25)22-17/h3-8,11H,9-10H2,1-2H3,(H,21,22,25). The van der Waals surface area contributed by atoms with Crippen molar-refractivity contribution < 1.29 is 4.42 Å². The van der Waals surface area contributed by atoms with Gasteiger partial charge in [-0.05, 0) is 49.2 Å². The smallest absolute Gasteiger partial charge is 0.276 e. The number of benzene rings is 2. The van der Waals surface area contributed by atoms with E-state index in [1.54, 1.807) is 6.07 Å². The minimum atomic E-state index is -0.115. The summed E-state index contributed by atoms with van der Waals surface area (Å²) in [5.41, 5.74) is 3.92. The summed E-state index contributed by atoms with van der Waals surface area (Å²) < 4.78 is 5.74. The predicted molar refractivity (Wildman–Crippen MR) is 106 cm³/mol. The van der Waals surface area contributed by atoms with Gasteiger partial charge in [0.15, 0.2) is 0 Å². The molecule has 0 bridgehead atoms. The van der Waals surface area contributed by atoms with Gasteiger partial charge in [0.05, 0.1) is 10.9 Å². The van der Waals surface area contributed by atoms with Gasteiger partial charge in [0.1, 0.15) is 5.82 Å². The molecule has 0 saturated heterocycles. The lowest BCUT2D eigenvalue weighted by Gasteiger charge is -2.02. The molecular formula is C20H18N4O2S. The third kappa shape index (κ3) is 3.78. The minimum Gasteiger partial charge on any atom is -0.411 e. The molecule has 4 aromatic rings. The molecule has 0 amide bonds. The van der Waals surface area contributed by atoms with Crippen LogP contribution in [0.25, 0.3) is 22.4 Å². The van der Waals surface area contributed by atoms with Crippen molar-refractivity contribution in [1.82, 2.24) is 20.2 Å². The van der Waals surface area contributed by atoms with E-state index in [0.717, 1.165) is 5.56 Å². The fourth-order valence-electron chi connectivity index (χ4n) is 2.75. The van der Waals surface area contributed by atoms with Gasteiger partial charge in [-0.25, -0.2) is 4.98 Å². The van der Waals surface area contributed by atoms with E-state index < -0.39 is 0 Å². The van der Waals surface area contributed by atoms with Gasteiger partial charge in [-0.1, -0.05) is 30.0 Å². The Morgan fingerprint density at radius 1 is 1.07 bits per heavy atom. The Bertz CT molecular complexity index is 1170. The lowest BCUT2D eigenvalue weighted by Crippen LogP contribution is -2.12. The van der Waals surface area contributed by atoms with Crippen LogP contribution in [-0.4, -0.2) is 25.9 Å². The number of fused-ring (bicyclic) bond motifs is 1. The Morgan fingerprint density at radius 2 is 1.93 bits per heavy atom. The average Bonchev–Trinajstić information content (AvgIpc) is 3.13. The summed E-state index contributed by atoms with van der Waals surface area (Å²) in [6.45, 7) is 4.13. The summed E-state index contributed by atoms with van der Waals surface area (Å²) in [4.78, 5) is 19.4.